The van der Waals surface area contributed by atoms with E-state index < -0.39 is 0 Å². The van der Waals surface area contributed by atoms with Crippen LogP contribution in [0.5, 0.6) is 0 Å². The summed E-state index contributed by atoms with van der Waals surface area (Å²) >= 11 is 0. The summed E-state index contributed by atoms with van der Waals surface area (Å²) in [5.41, 5.74) is 2.61. The van der Waals surface area contributed by atoms with Gasteiger partial charge in [0.15, 0.2) is 5.96 Å². The first-order valence-electron chi connectivity index (χ1n) is 7.41. The van der Waals surface area contributed by atoms with Crippen molar-refractivity contribution in [3.05, 3.63) is 71.8 Å². The molecule has 0 amide bonds. The molecule has 2 aromatic rings. The SMILES string of the molecule is CN1CC(Cc2ccccc2)NC1=NCc1ccccc1.I. The molecule has 116 valence electrons. The molecule has 0 aliphatic carbocycles. The van der Waals surface area contributed by atoms with Gasteiger partial charge in [-0.05, 0) is 17.5 Å². The second-order valence-electron chi connectivity index (χ2n) is 5.54. The maximum Gasteiger partial charge on any atom is 0.194 e. The number of nitrogens with zero attached hydrogens (tertiary/aromatic N) is 2. The number of likely N-dealkylation sites (N-methyl/N-ethyl adjacent to an activating group) is 1. The van der Waals surface area contributed by atoms with E-state index in [0.717, 1.165) is 25.5 Å². The number of guanidine groups is 1. The van der Waals surface area contributed by atoms with Crippen molar-refractivity contribution in [3.63, 3.8) is 0 Å². The lowest BCUT2D eigenvalue weighted by molar-refractivity contribution is 0.502. The molecule has 1 N–H and O–H groups in total. The number of benzene rings is 2. The van der Waals surface area contributed by atoms with Crippen LogP contribution >= 0.6 is 24.0 Å². The third kappa shape index (κ3) is 4.47. The summed E-state index contributed by atoms with van der Waals surface area (Å²) < 4.78 is 0. The minimum Gasteiger partial charge on any atom is -0.351 e. The third-order valence-electron chi connectivity index (χ3n) is 3.77. The van der Waals surface area contributed by atoms with Crippen LogP contribution in [0.3, 0.4) is 0 Å². The van der Waals surface area contributed by atoms with Gasteiger partial charge in [0.25, 0.3) is 0 Å². The van der Waals surface area contributed by atoms with Gasteiger partial charge in [-0.25, -0.2) is 4.99 Å². The second-order valence-corrected chi connectivity index (χ2v) is 5.54. The maximum absolute atomic E-state index is 4.70. The van der Waals surface area contributed by atoms with Gasteiger partial charge in [-0.15, -0.1) is 24.0 Å². The Morgan fingerprint density at radius 3 is 2.23 bits per heavy atom. The molecule has 22 heavy (non-hydrogen) atoms. The predicted molar refractivity (Wildman–Crippen MR) is 103 cm³/mol. The van der Waals surface area contributed by atoms with Crippen LogP contribution in [0.15, 0.2) is 65.7 Å². The van der Waals surface area contributed by atoms with Crippen molar-refractivity contribution >= 4 is 29.9 Å². The molecule has 1 saturated heterocycles. The smallest absolute Gasteiger partial charge is 0.194 e. The molecule has 0 bridgehead atoms. The van der Waals surface area contributed by atoms with Crippen molar-refractivity contribution < 1.29 is 0 Å². The Labute approximate surface area is 149 Å². The van der Waals surface area contributed by atoms with Crippen molar-refractivity contribution in [1.29, 1.82) is 0 Å². The number of nitrogens with one attached hydrogen (secondary N) is 1. The van der Waals surface area contributed by atoms with Crippen LogP contribution < -0.4 is 5.32 Å². The molecule has 3 rings (SSSR count). The van der Waals surface area contributed by atoms with Crippen molar-refractivity contribution in [3.8, 4) is 0 Å². The van der Waals surface area contributed by atoms with E-state index in [4.69, 9.17) is 4.99 Å². The highest BCUT2D eigenvalue weighted by molar-refractivity contribution is 14.0. The van der Waals surface area contributed by atoms with Gasteiger partial charge in [0.2, 0.25) is 0 Å². The topological polar surface area (TPSA) is 27.6 Å². The fourth-order valence-electron chi connectivity index (χ4n) is 2.69. The lowest BCUT2D eigenvalue weighted by Gasteiger charge is -2.09. The molecule has 4 heteroatoms. The lowest BCUT2D eigenvalue weighted by Crippen LogP contribution is -2.30. The standard InChI is InChI=1S/C18H21N3.HI/c1-21-14-17(12-15-8-4-2-5-9-15)20-18(21)19-13-16-10-6-3-7-11-16;/h2-11,17H,12-14H2,1H3,(H,19,20);1H. The van der Waals surface area contributed by atoms with Gasteiger partial charge >= 0.3 is 0 Å². The molecule has 1 atom stereocenters. The number of hydrogen-bond acceptors (Lipinski definition) is 1. The van der Waals surface area contributed by atoms with Crippen LogP contribution in [0.1, 0.15) is 11.1 Å². The van der Waals surface area contributed by atoms with Crippen molar-refractivity contribution in [2.24, 2.45) is 4.99 Å². The van der Waals surface area contributed by atoms with E-state index in [9.17, 15) is 0 Å². The van der Waals surface area contributed by atoms with Crippen molar-refractivity contribution in [1.82, 2.24) is 10.2 Å². The summed E-state index contributed by atoms with van der Waals surface area (Å²) in [7, 11) is 2.10. The first-order valence-corrected chi connectivity index (χ1v) is 7.41. The summed E-state index contributed by atoms with van der Waals surface area (Å²) in [4.78, 5) is 6.90. The van der Waals surface area contributed by atoms with E-state index in [-0.39, 0.29) is 24.0 Å². The van der Waals surface area contributed by atoms with E-state index in [1.807, 2.05) is 6.07 Å². The fraction of sp³-hybridized carbons (Fsp3) is 0.278. The Balaban J connectivity index is 0.00000176. The van der Waals surface area contributed by atoms with Gasteiger partial charge in [0.05, 0.1) is 12.6 Å². The van der Waals surface area contributed by atoms with E-state index in [1.165, 1.54) is 11.1 Å². The molecule has 0 radical (unpaired) electrons. The van der Waals surface area contributed by atoms with Crippen LogP contribution in [0.2, 0.25) is 0 Å². The quantitative estimate of drug-likeness (QED) is 0.788. The van der Waals surface area contributed by atoms with Crippen LogP contribution in [0, 0.1) is 0 Å². The van der Waals surface area contributed by atoms with Gasteiger partial charge in [-0.3, -0.25) is 0 Å². The highest BCUT2D eigenvalue weighted by atomic mass is 127. The average molecular weight is 407 g/mol. The Morgan fingerprint density at radius 2 is 1.59 bits per heavy atom. The van der Waals surface area contributed by atoms with Gasteiger partial charge in [0, 0.05) is 13.6 Å². The minimum atomic E-state index is 0. The van der Waals surface area contributed by atoms with Gasteiger partial charge in [-0.1, -0.05) is 60.7 Å². The van der Waals surface area contributed by atoms with E-state index in [1.54, 1.807) is 0 Å². The third-order valence-corrected chi connectivity index (χ3v) is 3.77. The molecular weight excluding hydrogens is 385 g/mol. The molecule has 0 spiro atoms. The van der Waals surface area contributed by atoms with Crippen LogP contribution in [-0.4, -0.2) is 30.5 Å². The summed E-state index contributed by atoms with van der Waals surface area (Å²) in [5.74, 6) is 1.000. The molecule has 1 heterocycles. The number of halogens is 1. The summed E-state index contributed by atoms with van der Waals surface area (Å²) in [5, 5.41) is 3.54. The minimum absolute atomic E-state index is 0. The van der Waals surface area contributed by atoms with Gasteiger partial charge in [-0.2, -0.15) is 0 Å². The van der Waals surface area contributed by atoms with Crippen molar-refractivity contribution in [2.75, 3.05) is 13.6 Å². The molecule has 1 fully saturated rings. The average Bonchev–Trinajstić information content (AvgIpc) is 2.87. The Morgan fingerprint density at radius 1 is 1.00 bits per heavy atom. The summed E-state index contributed by atoms with van der Waals surface area (Å²) in [6, 6.07) is 21.4. The molecular formula is C18H22IN3. The highest BCUT2D eigenvalue weighted by Crippen LogP contribution is 2.10. The maximum atomic E-state index is 4.70. The Bertz CT molecular complexity index is 598. The highest BCUT2D eigenvalue weighted by Gasteiger charge is 2.23. The summed E-state index contributed by atoms with van der Waals surface area (Å²) in [6.45, 7) is 1.73. The zero-order chi connectivity index (χ0) is 14.5. The molecule has 1 unspecified atom stereocenters. The first kappa shape index (κ1) is 16.8. The van der Waals surface area contributed by atoms with Crippen molar-refractivity contribution in [2.45, 2.75) is 19.0 Å². The van der Waals surface area contributed by atoms with Gasteiger partial charge < -0.3 is 10.2 Å². The normalized spacial score (nSPS) is 18.9. The number of aliphatic imine (C=N–C) groups is 1. The lowest BCUT2D eigenvalue weighted by atomic mass is 10.1. The van der Waals surface area contributed by atoms with E-state index in [0.29, 0.717) is 6.04 Å². The summed E-state index contributed by atoms with van der Waals surface area (Å²) in [6.07, 6.45) is 1.04. The molecule has 3 nitrogen and oxygen atoms in total. The van der Waals surface area contributed by atoms with Crippen LogP contribution in [0.4, 0.5) is 0 Å². The second kappa shape index (κ2) is 8.17. The fourth-order valence-corrected chi connectivity index (χ4v) is 2.69. The van der Waals surface area contributed by atoms with Crippen LogP contribution in [0.25, 0.3) is 0 Å². The first-order chi connectivity index (χ1) is 10.3. The van der Waals surface area contributed by atoms with Gasteiger partial charge in [0.1, 0.15) is 0 Å². The Hall–Kier alpha value is -1.56. The molecule has 0 saturated carbocycles. The predicted octanol–water partition coefficient (Wildman–Crippen LogP) is 3.31. The molecule has 2 aromatic carbocycles. The van der Waals surface area contributed by atoms with E-state index >= 15 is 0 Å². The molecule has 1 aliphatic rings. The largest absolute Gasteiger partial charge is 0.351 e. The monoisotopic (exact) mass is 407 g/mol. The molecule has 0 aromatic heterocycles. The van der Waals surface area contributed by atoms with E-state index in [2.05, 4.69) is 71.9 Å². The Kier molecular flexibility index (Phi) is 6.24. The zero-order valence-corrected chi connectivity index (χ0v) is 15.1. The molecule has 1 aliphatic heterocycles. The zero-order valence-electron chi connectivity index (χ0n) is 12.8. The number of hydrogen-bond donors (Lipinski definition) is 1. The van der Waals surface area contributed by atoms with Crippen LogP contribution in [-0.2, 0) is 13.0 Å². The number of rotatable bonds is 4.